The Bertz CT molecular complexity index is 453. The number of carboxylic acids is 1. The van der Waals surface area contributed by atoms with E-state index in [1.54, 1.807) is 18.2 Å². The fourth-order valence-electron chi connectivity index (χ4n) is 1.94. The summed E-state index contributed by atoms with van der Waals surface area (Å²) in [6, 6.07) is 7.10. The van der Waals surface area contributed by atoms with Crippen LogP contribution in [0.1, 0.15) is 15.9 Å². The number of carbonyl (C=O) groups excluding carboxylic acids is 1. The Morgan fingerprint density at radius 3 is 2.71 bits per heavy atom. The Labute approximate surface area is 98.8 Å². The van der Waals surface area contributed by atoms with E-state index in [9.17, 15) is 9.59 Å². The van der Waals surface area contributed by atoms with Crippen LogP contribution in [0.5, 0.6) is 0 Å². The largest absolute Gasteiger partial charge is 0.481 e. The monoisotopic (exact) mass is 234 g/mol. The van der Waals surface area contributed by atoms with E-state index in [1.165, 1.54) is 0 Å². The predicted octanol–water partition coefficient (Wildman–Crippen LogP) is 0.302. The fraction of sp³-hybridized carbons (Fsp3) is 0.333. The molecule has 17 heavy (non-hydrogen) atoms. The van der Waals surface area contributed by atoms with Crippen molar-refractivity contribution in [2.24, 2.45) is 11.7 Å². The van der Waals surface area contributed by atoms with Crippen LogP contribution in [0, 0.1) is 5.92 Å². The second-order valence-corrected chi connectivity index (χ2v) is 4.29. The smallest absolute Gasteiger partial charge is 0.309 e. The fourth-order valence-corrected chi connectivity index (χ4v) is 1.94. The lowest BCUT2D eigenvalue weighted by molar-refractivity contribution is -0.147. The summed E-state index contributed by atoms with van der Waals surface area (Å²) in [4.78, 5) is 23.7. The molecule has 3 N–H and O–H groups in total. The van der Waals surface area contributed by atoms with Crippen LogP contribution >= 0.6 is 0 Å². The summed E-state index contributed by atoms with van der Waals surface area (Å²) < 4.78 is 0. The zero-order chi connectivity index (χ0) is 12.4. The predicted molar refractivity (Wildman–Crippen MR) is 61.4 cm³/mol. The van der Waals surface area contributed by atoms with Crippen LogP contribution < -0.4 is 5.73 Å². The molecule has 0 aliphatic carbocycles. The summed E-state index contributed by atoms with van der Waals surface area (Å²) in [5, 5.41) is 8.75. The highest BCUT2D eigenvalue weighted by atomic mass is 16.4. The van der Waals surface area contributed by atoms with Gasteiger partial charge in [-0.05, 0) is 17.7 Å². The molecule has 0 spiro atoms. The number of carbonyl (C=O) groups is 2. The van der Waals surface area contributed by atoms with Gasteiger partial charge >= 0.3 is 5.97 Å². The van der Waals surface area contributed by atoms with Gasteiger partial charge in [0.15, 0.2) is 0 Å². The third-order valence-electron chi connectivity index (χ3n) is 2.92. The number of benzene rings is 1. The number of primary amides is 1. The number of amides is 1. The molecule has 5 nitrogen and oxygen atoms in total. The first kappa shape index (κ1) is 11.6. The molecule has 5 heteroatoms. The van der Waals surface area contributed by atoms with Crippen LogP contribution in [0.3, 0.4) is 0 Å². The highest BCUT2D eigenvalue weighted by Crippen LogP contribution is 2.19. The van der Waals surface area contributed by atoms with E-state index in [2.05, 4.69) is 0 Å². The molecule has 0 aromatic heterocycles. The Kier molecular flexibility index (Phi) is 3.10. The van der Waals surface area contributed by atoms with Crippen LogP contribution in [0.25, 0.3) is 0 Å². The maximum atomic E-state index is 11.0. The van der Waals surface area contributed by atoms with Gasteiger partial charge in [-0.15, -0.1) is 0 Å². The maximum Gasteiger partial charge on any atom is 0.309 e. The van der Waals surface area contributed by atoms with Crippen LogP contribution in [0.4, 0.5) is 0 Å². The van der Waals surface area contributed by atoms with Crippen molar-refractivity contribution in [3.63, 3.8) is 0 Å². The van der Waals surface area contributed by atoms with Gasteiger partial charge in [0.05, 0.1) is 5.92 Å². The average molecular weight is 234 g/mol. The van der Waals surface area contributed by atoms with E-state index in [-0.39, 0.29) is 5.92 Å². The van der Waals surface area contributed by atoms with Gasteiger partial charge in [-0.25, -0.2) is 0 Å². The van der Waals surface area contributed by atoms with Crippen LogP contribution in [-0.2, 0) is 11.3 Å². The molecule has 0 atom stereocenters. The van der Waals surface area contributed by atoms with Gasteiger partial charge in [0, 0.05) is 25.2 Å². The topological polar surface area (TPSA) is 83.6 Å². The van der Waals surface area contributed by atoms with E-state index in [0.29, 0.717) is 25.2 Å². The standard InChI is InChI=1S/C12H14N2O3/c13-11(15)9-3-1-2-8(4-9)5-14-6-10(7-14)12(16)17/h1-4,10H,5-7H2,(H2,13,15)(H,16,17). The highest BCUT2D eigenvalue weighted by Gasteiger charge is 2.32. The minimum atomic E-state index is -0.743. The van der Waals surface area contributed by atoms with Crippen LogP contribution in [-0.4, -0.2) is 35.0 Å². The number of aliphatic carboxylic acids is 1. The molecule has 0 bridgehead atoms. The molecule has 1 saturated heterocycles. The second-order valence-electron chi connectivity index (χ2n) is 4.29. The first-order chi connectivity index (χ1) is 8.06. The van der Waals surface area contributed by atoms with Gasteiger partial charge in [0.25, 0.3) is 0 Å². The van der Waals surface area contributed by atoms with E-state index < -0.39 is 11.9 Å². The molecule has 1 aromatic carbocycles. The van der Waals surface area contributed by atoms with Crippen molar-refractivity contribution >= 4 is 11.9 Å². The summed E-state index contributed by atoms with van der Waals surface area (Å²) in [6.45, 7) is 1.79. The molecule has 0 saturated carbocycles. The van der Waals surface area contributed by atoms with Gasteiger partial charge in [-0.3, -0.25) is 14.5 Å². The zero-order valence-electron chi connectivity index (χ0n) is 9.30. The van der Waals surface area contributed by atoms with Crippen LogP contribution in [0.15, 0.2) is 24.3 Å². The van der Waals surface area contributed by atoms with Gasteiger partial charge < -0.3 is 10.8 Å². The third kappa shape index (κ3) is 2.62. The number of nitrogens with two attached hydrogens (primary N) is 1. The normalized spacial score (nSPS) is 16.5. The number of likely N-dealkylation sites (tertiary alicyclic amines) is 1. The molecular weight excluding hydrogens is 220 g/mol. The lowest BCUT2D eigenvalue weighted by Crippen LogP contribution is -2.49. The minimum absolute atomic E-state index is 0.255. The van der Waals surface area contributed by atoms with Gasteiger partial charge in [0.1, 0.15) is 0 Å². The quantitative estimate of drug-likeness (QED) is 0.785. The average Bonchev–Trinajstić information content (AvgIpc) is 2.22. The molecule has 1 aromatic rings. The Morgan fingerprint density at radius 1 is 1.41 bits per heavy atom. The molecular formula is C12H14N2O3. The van der Waals surface area contributed by atoms with Crippen molar-refractivity contribution < 1.29 is 14.7 Å². The van der Waals surface area contributed by atoms with Crippen LogP contribution in [0.2, 0.25) is 0 Å². The molecule has 1 aliphatic rings. The molecule has 1 amide bonds. The number of hydrogen-bond donors (Lipinski definition) is 2. The molecule has 1 heterocycles. The highest BCUT2D eigenvalue weighted by molar-refractivity contribution is 5.92. The van der Waals surface area contributed by atoms with E-state index in [4.69, 9.17) is 10.8 Å². The number of nitrogens with zero attached hydrogens (tertiary/aromatic N) is 1. The van der Waals surface area contributed by atoms with Crippen molar-refractivity contribution in [1.82, 2.24) is 4.90 Å². The minimum Gasteiger partial charge on any atom is -0.481 e. The van der Waals surface area contributed by atoms with Gasteiger partial charge in [0.2, 0.25) is 5.91 Å². The van der Waals surface area contributed by atoms with Gasteiger partial charge in [-0.2, -0.15) is 0 Å². The van der Waals surface area contributed by atoms with Crippen molar-refractivity contribution in [3.8, 4) is 0 Å². The number of carboxylic acid groups (broad SMARTS) is 1. The number of hydrogen-bond acceptors (Lipinski definition) is 3. The van der Waals surface area contributed by atoms with Crippen molar-refractivity contribution in [2.45, 2.75) is 6.54 Å². The van der Waals surface area contributed by atoms with Gasteiger partial charge in [-0.1, -0.05) is 12.1 Å². The molecule has 1 fully saturated rings. The Hall–Kier alpha value is -1.88. The summed E-state index contributed by atoms with van der Waals surface area (Å²) in [5.41, 5.74) is 6.65. The lowest BCUT2D eigenvalue weighted by Gasteiger charge is -2.36. The molecule has 0 unspecified atom stereocenters. The summed E-state index contributed by atoms with van der Waals surface area (Å²) in [6.07, 6.45) is 0. The molecule has 0 radical (unpaired) electrons. The first-order valence-electron chi connectivity index (χ1n) is 5.40. The van der Waals surface area contributed by atoms with E-state index >= 15 is 0 Å². The maximum absolute atomic E-state index is 11.0. The van der Waals surface area contributed by atoms with Crippen molar-refractivity contribution in [1.29, 1.82) is 0 Å². The lowest BCUT2D eigenvalue weighted by atomic mass is 9.99. The Balaban J connectivity index is 1.94. The molecule has 2 rings (SSSR count). The Morgan fingerprint density at radius 2 is 2.12 bits per heavy atom. The number of rotatable bonds is 4. The second kappa shape index (κ2) is 4.55. The van der Waals surface area contributed by atoms with E-state index in [0.717, 1.165) is 5.56 Å². The van der Waals surface area contributed by atoms with Crippen molar-refractivity contribution in [2.75, 3.05) is 13.1 Å². The zero-order valence-corrected chi connectivity index (χ0v) is 9.30. The van der Waals surface area contributed by atoms with E-state index in [1.807, 2.05) is 11.0 Å². The third-order valence-corrected chi connectivity index (χ3v) is 2.92. The molecule has 1 aliphatic heterocycles. The van der Waals surface area contributed by atoms with Crippen molar-refractivity contribution in [3.05, 3.63) is 35.4 Å². The summed E-state index contributed by atoms with van der Waals surface area (Å²) in [5.74, 6) is -1.44. The summed E-state index contributed by atoms with van der Waals surface area (Å²) in [7, 11) is 0. The summed E-state index contributed by atoms with van der Waals surface area (Å²) >= 11 is 0. The molecule has 90 valence electrons. The SMILES string of the molecule is NC(=O)c1cccc(CN2CC(C(=O)O)C2)c1. The first-order valence-corrected chi connectivity index (χ1v) is 5.40.